The third kappa shape index (κ3) is 6.35. The van der Waals surface area contributed by atoms with Gasteiger partial charge in [0.25, 0.3) is 0 Å². The van der Waals surface area contributed by atoms with Gasteiger partial charge in [-0.25, -0.2) is 0 Å². The Hall–Kier alpha value is -0.810. The maximum Gasteiger partial charge on any atom is 0.220 e. The molecule has 2 N–H and O–H groups in total. The van der Waals surface area contributed by atoms with Gasteiger partial charge in [-0.15, -0.1) is 24.8 Å². The first kappa shape index (κ1) is 22.5. The summed E-state index contributed by atoms with van der Waals surface area (Å²) in [5, 5.41) is 6.77. The highest BCUT2D eigenvalue weighted by Gasteiger charge is 2.34. The van der Waals surface area contributed by atoms with Crippen molar-refractivity contribution < 1.29 is 4.79 Å². The summed E-state index contributed by atoms with van der Waals surface area (Å²) in [6.45, 7) is 4.18. The molecule has 3 fully saturated rings. The van der Waals surface area contributed by atoms with Gasteiger partial charge in [0.15, 0.2) is 0 Å². The minimum atomic E-state index is 0. The topological polar surface area (TPSA) is 44.4 Å². The van der Waals surface area contributed by atoms with Gasteiger partial charge in [-0.3, -0.25) is 9.69 Å². The summed E-state index contributed by atoms with van der Waals surface area (Å²) in [5.74, 6) is 0.786. The number of benzene rings is 1. The minimum absolute atomic E-state index is 0. The van der Waals surface area contributed by atoms with Crippen LogP contribution in [-0.4, -0.2) is 36.0 Å². The van der Waals surface area contributed by atoms with E-state index in [0.717, 1.165) is 6.54 Å². The van der Waals surface area contributed by atoms with Gasteiger partial charge in [0.2, 0.25) is 5.91 Å². The summed E-state index contributed by atoms with van der Waals surface area (Å²) >= 11 is 0. The lowest BCUT2D eigenvalue weighted by molar-refractivity contribution is -0.122. The molecule has 0 aromatic heterocycles. The van der Waals surface area contributed by atoms with Crippen LogP contribution in [0.1, 0.15) is 56.1 Å². The second-order valence-electron chi connectivity index (χ2n) is 8.26. The predicted molar refractivity (Wildman–Crippen MR) is 115 cm³/mol. The number of hydrogen-bond acceptors (Lipinski definition) is 3. The Morgan fingerprint density at radius 3 is 2.22 bits per heavy atom. The van der Waals surface area contributed by atoms with Crippen LogP contribution in [0.15, 0.2) is 24.3 Å². The van der Waals surface area contributed by atoms with E-state index in [1.165, 1.54) is 62.7 Å². The first-order valence-electron chi connectivity index (χ1n) is 10.1. The van der Waals surface area contributed by atoms with Crippen molar-refractivity contribution in [2.75, 3.05) is 13.1 Å². The smallest absolute Gasteiger partial charge is 0.220 e. The molecule has 1 aromatic carbocycles. The van der Waals surface area contributed by atoms with E-state index < -0.39 is 0 Å². The van der Waals surface area contributed by atoms with E-state index >= 15 is 0 Å². The van der Waals surface area contributed by atoms with E-state index in [0.29, 0.717) is 31.0 Å². The van der Waals surface area contributed by atoms with Crippen molar-refractivity contribution in [1.82, 2.24) is 15.5 Å². The number of carbonyl (C=O) groups excluding carboxylic acids is 1. The molecular formula is C21H33Cl2N3O. The Bertz CT molecular complexity index is 578. The van der Waals surface area contributed by atoms with Crippen LogP contribution in [-0.2, 0) is 17.9 Å². The standard InChI is InChI=1S/C21H31N3O.2ClH/c25-21(13-18-11-19-7-8-20(12-18)23-19)22-14-16-3-5-17(6-4-16)15-24-9-1-2-10-24;;/h3-6,18-20,23H,1-2,7-15H2,(H,22,25);2*1H. The summed E-state index contributed by atoms with van der Waals surface area (Å²) < 4.78 is 0. The van der Waals surface area contributed by atoms with Gasteiger partial charge in [0.1, 0.15) is 0 Å². The maximum absolute atomic E-state index is 12.3. The highest BCUT2D eigenvalue weighted by Crippen LogP contribution is 2.32. The number of amides is 1. The molecule has 4 rings (SSSR count). The number of fused-ring (bicyclic) bond motifs is 2. The Morgan fingerprint density at radius 1 is 1.00 bits per heavy atom. The van der Waals surface area contributed by atoms with E-state index in [2.05, 4.69) is 39.8 Å². The molecule has 1 amide bonds. The van der Waals surface area contributed by atoms with E-state index in [1.54, 1.807) is 0 Å². The number of nitrogens with zero attached hydrogens (tertiary/aromatic N) is 1. The lowest BCUT2D eigenvalue weighted by atomic mass is 9.89. The Kier molecular flexibility index (Phi) is 8.87. The van der Waals surface area contributed by atoms with Crippen molar-refractivity contribution in [3.8, 4) is 0 Å². The predicted octanol–water partition coefficient (Wildman–Crippen LogP) is 3.66. The Balaban J connectivity index is 0.00000131. The molecule has 6 heteroatoms. The third-order valence-electron chi connectivity index (χ3n) is 6.16. The third-order valence-corrected chi connectivity index (χ3v) is 6.16. The molecule has 1 aromatic rings. The van der Waals surface area contributed by atoms with E-state index in [9.17, 15) is 4.79 Å². The van der Waals surface area contributed by atoms with Crippen molar-refractivity contribution in [3.05, 3.63) is 35.4 Å². The number of hydrogen-bond donors (Lipinski definition) is 2. The molecule has 3 heterocycles. The molecule has 27 heavy (non-hydrogen) atoms. The quantitative estimate of drug-likeness (QED) is 0.747. The monoisotopic (exact) mass is 413 g/mol. The molecule has 0 aliphatic carbocycles. The molecular weight excluding hydrogens is 381 g/mol. The number of rotatable bonds is 6. The molecule has 2 unspecified atom stereocenters. The van der Waals surface area contributed by atoms with Crippen LogP contribution in [0.2, 0.25) is 0 Å². The Morgan fingerprint density at radius 2 is 1.59 bits per heavy atom. The molecule has 3 aliphatic rings. The van der Waals surface area contributed by atoms with E-state index in [1.807, 2.05) is 0 Å². The second kappa shape index (κ2) is 10.7. The average molecular weight is 414 g/mol. The van der Waals surface area contributed by atoms with Gasteiger partial charge in [0.05, 0.1) is 0 Å². The number of piperidine rings is 1. The van der Waals surface area contributed by atoms with Gasteiger partial charge in [-0.05, 0) is 68.7 Å². The SMILES string of the molecule is Cl.Cl.O=C(CC1CC2CCC(C1)N2)NCc1ccc(CN2CCCC2)cc1. The van der Waals surface area contributed by atoms with Gasteiger partial charge in [-0.1, -0.05) is 24.3 Å². The molecule has 0 saturated carbocycles. The molecule has 152 valence electrons. The first-order chi connectivity index (χ1) is 12.2. The highest BCUT2D eigenvalue weighted by molar-refractivity contribution is 5.85. The van der Waals surface area contributed by atoms with Gasteiger partial charge in [-0.2, -0.15) is 0 Å². The lowest BCUT2D eigenvalue weighted by Crippen LogP contribution is -2.39. The van der Waals surface area contributed by atoms with Gasteiger partial charge >= 0.3 is 0 Å². The normalized spacial score (nSPS) is 26.9. The second-order valence-corrected chi connectivity index (χ2v) is 8.26. The largest absolute Gasteiger partial charge is 0.352 e. The summed E-state index contributed by atoms with van der Waals surface area (Å²) in [7, 11) is 0. The lowest BCUT2D eigenvalue weighted by Gasteiger charge is -2.28. The number of likely N-dealkylation sites (tertiary alicyclic amines) is 1. The van der Waals surface area contributed by atoms with Crippen LogP contribution in [0.3, 0.4) is 0 Å². The zero-order valence-electron chi connectivity index (χ0n) is 16.0. The zero-order valence-corrected chi connectivity index (χ0v) is 17.6. The molecule has 2 bridgehead atoms. The van der Waals surface area contributed by atoms with Gasteiger partial charge < -0.3 is 10.6 Å². The summed E-state index contributed by atoms with van der Waals surface area (Å²) in [6, 6.07) is 10.1. The van der Waals surface area contributed by atoms with E-state index in [-0.39, 0.29) is 30.7 Å². The molecule has 3 aliphatic heterocycles. The number of halogens is 2. The zero-order chi connectivity index (χ0) is 17.1. The highest BCUT2D eigenvalue weighted by atomic mass is 35.5. The van der Waals surface area contributed by atoms with E-state index in [4.69, 9.17) is 0 Å². The van der Waals surface area contributed by atoms with Crippen LogP contribution in [0, 0.1) is 5.92 Å². The van der Waals surface area contributed by atoms with Crippen molar-refractivity contribution in [2.45, 2.75) is 70.1 Å². The molecule has 4 nitrogen and oxygen atoms in total. The molecule has 0 spiro atoms. The fourth-order valence-electron chi connectivity index (χ4n) is 4.84. The Labute approximate surface area is 175 Å². The van der Waals surface area contributed by atoms with Crippen LogP contribution >= 0.6 is 24.8 Å². The fourth-order valence-corrected chi connectivity index (χ4v) is 4.84. The van der Waals surface area contributed by atoms with Crippen molar-refractivity contribution in [3.63, 3.8) is 0 Å². The van der Waals surface area contributed by atoms with Crippen LogP contribution < -0.4 is 10.6 Å². The van der Waals surface area contributed by atoms with Crippen molar-refractivity contribution in [1.29, 1.82) is 0 Å². The maximum atomic E-state index is 12.3. The minimum Gasteiger partial charge on any atom is -0.352 e. The summed E-state index contributed by atoms with van der Waals surface area (Å²) in [5.41, 5.74) is 2.58. The first-order valence-corrected chi connectivity index (χ1v) is 10.1. The fraction of sp³-hybridized carbons (Fsp3) is 0.667. The van der Waals surface area contributed by atoms with Crippen molar-refractivity contribution in [2.24, 2.45) is 5.92 Å². The summed E-state index contributed by atoms with van der Waals surface area (Å²) in [6.07, 6.45) is 8.32. The van der Waals surface area contributed by atoms with Crippen LogP contribution in [0.4, 0.5) is 0 Å². The summed E-state index contributed by atoms with van der Waals surface area (Å²) in [4.78, 5) is 14.8. The van der Waals surface area contributed by atoms with Gasteiger partial charge in [0, 0.05) is 31.6 Å². The van der Waals surface area contributed by atoms with Crippen molar-refractivity contribution >= 4 is 30.7 Å². The van der Waals surface area contributed by atoms with Crippen LogP contribution in [0.5, 0.6) is 0 Å². The number of carbonyl (C=O) groups is 1. The number of nitrogens with one attached hydrogen (secondary N) is 2. The molecule has 0 radical (unpaired) electrons. The molecule has 2 atom stereocenters. The van der Waals surface area contributed by atoms with Crippen LogP contribution in [0.25, 0.3) is 0 Å². The average Bonchev–Trinajstić information content (AvgIpc) is 3.24. The molecule has 3 saturated heterocycles.